The Morgan fingerprint density at radius 2 is 1.87 bits per heavy atom. The van der Waals surface area contributed by atoms with Crippen molar-refractivity contribution in [3.63, 3.8) is 0 Å². The highest BCUT2D eigenvalue weighted by Crippen LogP contribution is 2.33. The predicted octanol–water partition coefficient (Wildman–Crippen LogP) is 4.59. The van der Waals surface area contributed by atoms with E-state index >= 15 is 0 Å². The Labute approximate surface area is 169 Å². The van der Waals surface area contributed by atoms with Gasteiger partial charge < -0.3 is 14.5 Å². The van der Waals surface area contributed by atoms with Crippen molar-refractivity contribution in [2.24, 2.45) is 0 Å². The molecular weight excluding hydrogens is 397 g/mol. The van der Waals surface area contributed by atoms with Gasteiger partial charge in [0, 0.05) is 29.7 Å². The first kappa shape index (κ1) is 19.4. The quantitative estimate of drug-likeness (QED) is 0.521. The highest BCUT2D eigenvalue weighted by molar-refractivity contribution is 6.03. The summed E-state index contributed by atoms with van der Waals surface area (Å²) in [5.74, 6) is -0.355. The van der Waals surface area contributed by atoms with Crippen LogP contribution in [0.2, 0.25) is 0 Å². The summed E-state index contributed by atoms with van der Waals surface area (Å²) in [6, 6.07) is 13.2. The third kappa shape index (κ3) is 4.24. The van der Waals surface area contributed by atoms with E-state index in [4.69, 9.17) is 4.74 Å². The number of imidazole rings is 1. The minimum absolute atomic E-state index is 0.0762. The second kappa shape index (κ2) is 7.86. The number of nitrogens with one attached hydrogen (secondary N) is 1. The zero-order valence-corrected chi connectivity index (χ0v) is 15.4. The molecule has 0 aliphatic rings. The number of fused-ring (bicyclic) bond motifs is 1. The number of nitrogens with zero attached hydrogens (tertiary/aromatic N) is 3. The van der Waals surface area contributed by atoms with Crippen LogP contribution in [0.4, 0.5) is 18.9 Å². The van der Waals surface area contributed by atoms with Crippen molar-refractivity contribution >= 4 is 17.2 Å². The SMILES string of the molecule is O=C(Nc1cccnc1)c1cn2cccc(-c3ccccc3OCC(F)(F)F)c2n1. The lowest BCUT2D eigenvalue weighted by atomic mass is 10.1. The third-order valence-electron chi connectivity index (χ3n) is 4.20. The summed E-state index contributed by atoms with van der Waals surface area (Å²) in [5.41, 5.74) is 2.07. The number of ether oxygens (including phenoxy) is 1. The molecule has 9 heteroatoms. The molecule has 0 aliphatic heterocycles. The molecule has 1 aromatic carbocycles. The summed E-state index contributed by atoms with van der Waals surface area (Å²) in [5, 5.41) is 2.70. The average molecular weight is 412 g/mol. The number of pyridine rings is 2. The summed E-state index contributed by atoms with van der Waals surface area (Å²) >= 11 is 0. The fourth-order valence-electron chi connectivity index (χ4n) is 2.94. The first-order valence-corrected chi connectivity index (χ1v) is 8.89. The molecule has 152 valence electrons. The van der Waals surface area contributed by atoms with Gasteiger partial charge in [0.15, 0.2) is 6.61 Å². The summed E-state index contributed by atoms with van der Waals surface area (Å²) in [6.45, 7) is -1.40. The molecule has 4 aromatic rings. The molecule has 1 amide bonds. The minimum Gasteiger partial charge on any atom is -0.483 e. The first-order chi connectivity index (χ1) is 14.4. The van der Waals surface area contributed by atoms with E-state index in [-0.39, 0.29) is 11.4 Å². The number of alkyl halides is 3. The monoisotopic (exact) mass is 412 g/mol. The number of halogens is 3. The topological polar surface area (TPSA) is 68.5 Å². The number of para-hydroxylation sites is 1. The molecule has 3 aromatic heterocycles. The number of carbonyl (C=O) groups excluding carboxylic acids is 1. The lowest BCUT2D eigenvalue weighted by molar-refractivity contribution is -0.153. The van der Waals surface area contributed by atoms with Gasteiger partial charge in [-0.2, -0.15) is 13.2 Å². The maximum absolute atomic E-state index is 12.6. The number of hydrogen-bond donors (Lipinski definition) is 1. The molecule has 0 saturated heterocycles. The second-order valence-electron chi connectivity index (χ2n) is 6.37. The molecular formula is C21H15F3N4O2. The van der Waals surface area contributed by atoms with E-state index < -0.39 is 18.7 Å². The second-order valence-corrected chi connectivity index (χ2v) is 6.37. The first-order valence-electron chi connectivity index (χ1n) is 8.89. The Bertz CT molecular complexity index is 1190. The predicted molar refractivity (Wildman–Crippen MR) is 104 cm³/mol. The smallest absolute Gasteiger partial charge is 0.422 e. The van der Waals surface area contributed by atoms with E-state index in [1.165, 1.54) is 12.3 Å². The maximum Gasteiger partial charge on any atom is 0.422 e. The van der Waals surface area contributed by atoms with Gasteiger partial charge >= 0.3 is 6.18 Å². The Morgan fingerprint density at radius 3 is 2.63 bits per heavy atom. The van der Waals surface area contributed by atoms with Crippen LogP contribution in [0.1, 0.15) is 10.5 Å². The lowest BCUT2D eigenvalue weighted by Crippen LogP contribution is -2.19. The van der Waals surface area contributed by atoms with Crippen molar-refractivity contribution in [3.05, 3.63) is 79.0 Å². The van der Waals surface area contributed by atoms with E-state index in [9.17, 15) is 18.0 Å². The number of carbonyl (C=O) groups is 1. The summed E-state index contributed by atoms with van der Waals surface area (Å²) in [4.78, 5) is 20.9. The Kier molecular flexibility index (Phi) is 5.09. The Hall–Kier alpha value is -3.88. The van der Waals surface area contributed by atoms with Crippen molar-refractivity contribution in [1.29, 1.82) is 0 Å². The van der Waals surface area contributed by atoms with E-state index in [0.717, 1.165) is 0 Å². The molecule has 6 nitrogen and oxygen atoms in total. The van der Waals surface area contributed by atoms with Crippen molar-refractivity contribution in [2.45, 2.75) is 6.18 Å². The van der Waals surface area contributed by atoms with Crippen LogP contribution >= 0.6 is 0 Å². The molecule has 0 aliphatic carbocycles. The Balaban J connectivity index is 1.69. The van der Waals surface area contributed by atoms with Gasteiger partial charge in [0.25, 0.3) is 5.91 Å². The van der Waals surface area contributed by atoms with E-state index in [0.29, 0.717) is 22.5 Å². The van der Waals surface area contributed by atoms with Crippen LogP contribution in [-0.2, 0) is 0 Å². The fraction of sp³-hybridized carbons (Fsp3) is 0.0952. The van der Waals surface area contributed by atoms with Gasteiger partial charge in [0.2, 0.25) is 0 Å². The molecule has 0 unspecified atom stereocenters. The molecule has 0 saturated carbocycles. The number of rotatable bonds is 5. The Morgan fingerprint density at radius 1 is 1.07 bits per heavy atom. The van der Waals surface area contributed by atoms with Crippen molar-refractivity contribution in [3.8, 4) is 16.9 Å². The number of benzene rings is 1. The van der Waals surface area contributed by atoms with Crippen LogP contribution in [-0.4, -0.2) is 33.1 Å². The van der Waals surface area contributed by atoms with E-state index in [1.54, 1.807) is 65.5 Å². The van der Waals surface area contributed by atoms with Gasteiger partial charge in [0.05, 0.1) is 11.9 Å². The zero-order valence-electron chi connectivity index (χ0n) is 15.4. The molecule has 0 fully saturated rings. The third-order valence-corrected chi connectivity index (χ3v) is 4.20. The molecule has 0 atom stereocenters. The number of aromatic nitrogens is 3. The highest BCUT2D eigenvalue weighted by Gasteiger charge is 2.29. The number of amides is 1. The van der Waals surface area contributed by atoms with Crippen LogP contribution in [0, 0.1) is 0 Å². The molecule has 0 bridgehead atoms. The summed E-state index contributed by atoms with van der Waals surface area (Å²) < 4.78 is 44.5. The fourth-order valence-corrected chi connectivity index (χ4v) is 2.94. The van der Waals surface area contributed by atoms with Crippen LogP contribution in [0.15, 0.2) is 73.3 Å². The van der Waals surface area contributed by atoms with Crippen LogP contribution in [0.25, 0.3) is 16.8 Å². The molecule has 3 heterocycles. The standard InChI is InChI=1S/C21H15F3N4O2/c22-21(23,24)13-30-18-8-2-1-6-15(18)16-7-4-10-28-12-17(27-19(16)28)20(29)26-14-5-3-9-25-11-14/h1-12H,13H2,(H,26,29). The van der Waals surface area contributed by atoms with Crippen LogP contribution in [0.5, 0.6) is 5.75 Å². The largest absolute Gasteiger partial charge is 0.483 e. The number of anilines is 1. The van der Waals surface area contributed by atoms with E-state index in [2.05, 4.69) is 15.3 Å². The minimum atomic E-state index is -4.45. The van der Waals surface area contributed by atoms with Crippen LogP contribution in [0.3, 0.4) is 0 Å². The molecule has 30 heavy (non-hydrogen) atoms. The van der Waals surface area contributed by atoms with Gasteiger partial charge in [-0.25, -0.2) is 4.98 Å². The van der Waals surface area contributed by atoms with Gasteiger partial charge in [-0.05, 0) is 30.3 Å². The molecule has 0 spiro atoms. The lowest BCUT2D eigenvalue weighted by Gasteiger charge is -2.13. The number of hydrogen-bond acceptors (Lipinski definition) is 4. The maximum atomic E-state index is 12.6. The van der Waals surface area contributed by atoms with Gasteiger partial charge in [0.1, 0.15) is 17.1 Å². The van der Waals surface area contributed by atoms with Crippen LogP contribution < -0.4 is 10.1 Å². The van der Waals surface area contributed by atoms with Crippen molar-refractivity contribution in [2.75, 3.05) is 11.9 Å². The highest BCUT2D eigenvalue weighted by atomic mass is 19.4. The van der Waals surface area contributed by atoms with Crippen molar-refractivity contribution < 1.29 is 22.7 Å². The summed E-state index contributed by atoms with van der Waals surface area (Å²) in [6.07, 6.45) is 1.89. The average Bonchev–Trinajstić information content (AvgIpc) is 3.17. The molecule has 0 radical (unpaired) electrons. The van der Waals surface area contributed by atoms with Gasteiger partial charge in [-0.15, -0.1) is 0 Å². The molecule has 1 N–H and O–H groups in total. The van der Waals surface area contributed by atoms with Crippen molar-refractivity contribution in [1.82, 2.24) is 14.4 Å². The van der Waals surface area contributed by atoms with E-state index in [1.807, 2.05) is 0 Å². The van der Waals surface area contributed by atoms with Gasteiger partial charge in [-0.1, -0.05) is 18.2 Å². The zero-order chi connectivity index (χ0) is 21.1. The summed E-state index contributed by atoms with van der Waals surface area (Å²) in [7, 11) is 0. The van der Waals surface area contributed by atoms with Gasteiger partial charge in [-0.3, -0.25) is 9.78 Å². The normalized spacial score (nSPS) is 11.4. The molecule has 4 rings (SSSR count).